The molecular formula is C19H15ClN4O. The van der Waals surface area contributed by atoms with Crippen LogP contribution in [0.3, 0.4) is 0 Å². The topological polar surface area (TPSA) is 73.8 Å². The molecule has 25 heavy (non-hydrogen) atoms. The van der Waals surface area contributed by atoms with Gasteiger partial charge in [0.2, 0.25) is 0 Å². The molecule has 0 saturated heterocycles. The first-order valence-corrected chi connectivity index (χ1v) is 8.19. The Kier molecular flexibility index (Phi) is 3.99. The van der Waals surface area contributed by atoms with Gasteiger partial charge in [-0.1, -0.05) is 23.7 Å². The zero-order chi connectivity index (χ0) is 17.2. The van der Waals surface area contributed by atoms with Gasteiger partial charge in [-0.15, -0.1) is 0 Å². The van der Waals surface area contributed by atoms with Gasteiger partial charge in [0.25, 0.3) is 0 Å². The number of pyridine rings is 2. The van der Waals surface area contributed by atoms with Crippen molar-refractivity contribution in [3.8, 4) is 17.0 Å². The van der Waals surface area contributed by atoms with E-state index < -0.39 is 0 Å². The van der Waals surface area contributed by atoms with Crippen molar-refractivity contribution in [2.45, 2.75) is 6.54 Å². The number of hydrogen-bond donors (Lipinski definition) is 3. The van der Waals surface area contributed by atoms with Gasteiger partial charge in [-0.05, 0) is 42.0 Å². The van der Waals surface area contributed by atoms with Crippen molar-refractivity contribution in [1.82, 2.24) is 15.0 Å². The number of nitrogens with zero attached hydrogens (tertiary/aromatic N) is 2. The minimum atomic E-state index is 0.241. The Morgan fingerprint density at radius 1 is 1.12 bits per heavy atom. The van der Waals surface area contributed by atoms with Crippen LogP contribution in [0.1, 0.15) is 5.56 Å². The normalized spacial score (nSPS) is 10.9. The van der Waals surface area contributed by atoms with Gasteiger partial charge in [-0.2, -0.15) is 0 Å². The third kappa shape index (κ3) is 3.27. The van der Waals surface area contributed by atoms with Crippen molar-refractivity contribution in [2.75, 3.05) is 5.32 Å². The molecule has 0 radical (unpaired) electrons. The Morgan fingerprint density at radius 2 is 2.04 bits per heavy atom. The first-order valence-electron chi connectivity index (χ1n) is 7.81. The largest absolute Gasteiger partial charge is 0.508 e. The van der Waals surface area contributed by atoms with Gasteiger partial charge >= 0.3 is 0 Å². The molecule has 0 amide bonds. The third-order valence-corrected chi connectivity index (χ3v) is 4.12. The molecule has 0 unspecified atom stereocenters. The predicted molar refractivity (Wildman–Crippen MR) is 99.8 cm³/mol. The minimum Gasteiger partial charge on any atom is -0.508 e. The number of phenols is 1. The maximum atomic E-state index is 9.55. The number of benzene rings is 1. The second-order valence-electron chi connectivity index (χ2n) is 5.68. The monoisotopic (exact) mass is 350 g/mol. The number of phenolic OH excluding ortho intramolecular Hbond substituents is 1. The van der Waals surface area contributed by atoms with Crippen LogP contribution in [-0.4, -0.2) is 20.1 Å². The lowest BCUT2D eigenvalue weighted by atomic mass is 10.1. The second-order valence-corrected chi connectivity index (χ2v) is 6.12. The molecule has 1 aromatic carbocycles. The molecule has 0 bridgehead atoms. The summed E-state index contributed by atoms with van der Waals surface area (Å²) in [4.78, 5) is 12.1. The summed E-state index contributed by atoms with van der Waals surface area (Å²) >= 11 is 6.28. The summed E-state index contributed by atoms with van der Waals surface area (Å²) in [6.07, 6.45) is 3.63. The second kappa shape index (κ2) is 6.45. The number of aromatic hydroxyl groups is 1. The molecule has 3 N–H and O–H groups in total. The first-order chi connectivity index (χ1) is 12.2. The maximum Gasteiger partial charge on any atom is 0.137 e. The zero-order valence-electron chi connectivity index (χ0n) is 13.2. The van der Waals surface area contributed by atoms with Crippen LogP contribution < -0.4 is 5.32 Å². The lowest BCUT2D eigenvalue weighted by molar-refractivity contribution is 0.474. The van der Waals surface area contributed by atoms with Gasteiger partial charge in [0, 0.05) is 34.9 Å². The summed E-state index contributed by atoms with van der Waals surface area (Å²) < 4.78 is 0. The van der Waals surface area contributed by atoms with Gasteiger partial charge < -0.3 is 15.4 Å². The molecule has 6 heteroatoms. The molecule has 4 rings (SSSR count). The molecule has 124 valence electrons. The van der Waals surface area contributed by atoms with Crippen LogP contribution in [-0.2, 0) is 6.54 Å². The van der Waals surface area contributed by atoms with Crippen molar-refractivity contribution in [2.24, 2.45) is 0 Å². The summed E-state index contributed by atoms with van der Waals surface area (Å²) in [5.41, 5.74) is 3.49. The minimum absolute atomic E-state index is 0.241. The van der Waals surface area contributed by atoms with Crippen LogP contribution in [0.25, 0.3) is 22.3 Å². The Hall–Kier alpha value is -3.05. The average molecular weight is 351 g/mol. The lowest BCUT2D eigenvalue weighted by Crippen LogP contribution is -2.02. The van der Waals surface area contributed by atoms with Gasteiger partial charge in [0.1, 0.15) is 17.2 Å². The summed E-state index contributed by atoms with van der Waals surface area (Å²) in [6.45, 7) is 0.538. The molecule has 3 heterocycles. The maximum absolute atomic E-state index is 9.55. The molecule has 0 aliphatic heterocycles. The van der Waals surface area contributed by atoms with Crippen LogP contribution >= 0.6 is 11.6 Å². The van der Waals surface area contributed by atoms with E-state index in [1.807, 2.05) is 36.5 Å². The summed E-state index contributed by atoms with van der Waals surface area (Å²) in [5.74, 6) is 0.911. The van der Waals surface area contributed by atoms with Crippen LogP contribution in [0.5, 0.6) is 5.75 Å². The van der Waals surface area contributed by atoms with Crippen molar-refractivity contribution < 1.29 is 5.11 Å². The molecule has 0 aliphatic rings. The highest BCUT2D eigenvalue weighted by molar-refractivity contribution is 6.31. The first kappa shape index (κ1) is 15.5. The molecule has 0 fully saturated rings. The van der Waals surface area contributed by atoms with Crippen molar-refractivity contribution in [3.05, 3.63) is 71.5 Å². The molecular weight excluding hydrogens is 336 g/mol. The van der Waals surface area contributed by atoms with Crippen molar-refractivity contribution in [3.63, 3.8) is 0 Å². The smallest absolute Gasteiger partial charge is 0.137 e. The molecule has 4 aromatic rings. The highest BCUT2D eigenvalue weighted by Crippen LogP contribution is 2.29. The van der Waals surface area contributed by atoms with Crippen LogP contribution in [0.15, 0.2) is 60.9 Å². The summed E-state index contributed by atoms with van der Waals surface area (Å²) in [6, 6.07) is 14.6. The number of halogens is 1. The number of H-pyrrole nitrogens is 1. The molecule has 5 nitrogen and oxygen atoms in total. The van der Waals surface area contributed by atoms with Crippen LogP contribution in [0.2, 0.25) is 5.02 Å². The van der Waals surface area contributed by atoms with Crippen LogP contribution in [0.4, 0.5) is 5.82 Å². The zero-order valence-corrected chi connectivity index (χ0v) is 14.0. The molecule has 0 spiro atoms. The van der Waals surface area contributed by atoms with Crippen LogP contribution in [0, 0.1) is 0 Å². The number of anilines is 1. The van der Waals surface area contributed by atoms with Gasteiger partial charge in [0.15, 0.2) is 0 Å². The average Bonchev–Trinajstić information content (AvgIpc) is 3.04. The van der Waals surface area contributed by atoms with E-state index in [2.05, 4.69) is 20.3 Å². The molecule has 3 aromatic heterocycles. The Balaban J connectivity index is 1.64. The third-order valence-electron chi connectivity index (χ3n) is 3.90. The number of hydrogen-bond acceptors (Lipinski definition) is 4. The molecule has 0 aliphatic carbocycles. The molecule has 0 saturated carbocycles. The number of nitrogens with one attached hydrogen (secondary N) is 2. The Bertz CT molecular complexity index is 1040. The fourth-order valence-corrected chi connectivity index (χ4v) is 2.96. The fourth-order valence-electron chi connectivity index (χ4n) is 2.75. The Labute approximate surface area is 149 Å². The van der Waals surface area contributed by atoms with Gasteiger partial charge in [-0.3, -0.25) is 0 Å². The van der Waals surface area contributed by atoms with E-state index in [1.165, 1.54) is 0 Å². The number of rotatable bonds is 4. The fraction of sp³-hybridized carbons (Fsp3) is 0.0526. The quantitative estimate of drug-likeness (QED) is 0.503. The predicted octanol–water partition coefficient (Wildman–Crippen LogP) is 4.60. The van der Waals surface area contributed by atoms with Crippen molar-refractivity contribution in [1.29, 1.82) is 0 Å². The summed E-state index contributed by atoms with van der Waals surface area (Å²) in [7, 11) is 0. The summed E-state index contributed by atoms with van der Waals surface area (Å²) in [5, 5.41) is 14.4. The lowest BCUT2D eigenvalue weighted by Gasteiger charge is -2.09. The number of fused-ring (bicyclic) bond motifs is 1. The highest BCUT2D eigenvalue weighted by atomic mass is 35.5. The number of aromatic nitrogens is 3. The van der Waals surface area contributed by atoms with E-state index in [9.17, 15) is 5.11 Å². The van der Waals surface area contributed by atoms with E-state index >= 15 is 0 Å². The van der Waals surface area contributed by atoms with E-state index in [-0.39, 0.29) is 5.75 Å². The van der Waals surface area contributed by atoms with Crippen molar-refractivity contribution >= 4 is 28.5 Å². The van der Waals surface area contributed by atoms with E-state index in [0.29, 0.717) is 17.4 Å². The highest BCUT2D eigenvalue weighted by Gasteiger charge is 2.10. The van der Waals surface area contributed by atoms with E-state index in [0.717, 1.165) is 27.9 Å². The van der Waals surface area contributed by atoms with E-state index in [1.54, 1.807) is 24.4 Å². The SMILES string of the molecule is Oc1cccc(CNc2cc(Cl)cc(-c3c[nH]c4ncccc34)n2)c1. The van der Waals surface area contributed by atoms with Gasteiger partial charge in [0.05, 0.1) is 5.69 Å². The standard InChI is InChI=1S/C19H15ClN4O/c20-13-8-17(16-11-23-19-15(16)5-2-6-21-19)24-18(9-13)22-10-12-3-1-4-14(25)7-12/h1-9,11,25H,10H2,(H,21,23)(H,22,24). The van der Waals surface area contributed by atoms with Gasteiger partial charge in [-0.25, -0.2) is 9.97 Å². The Morgan fingerprint density at radius 3 is 2.92 bits per heavy atom. The molecule has 0 atom stereocenters. The van der Waals surface area contributed by atoms with E-state index in [4.69, 9.17) is 11.6 Å². The number of aromatic amines is 1.